The molecule has 1 aliphatic carbocycles. The second kappa shape index (κ2) is 6.39. The molecule has 2 aromatic heterocycles. The molecule has 3 aromatic rings. The fourth-order valence-electron chi connectivity index (χ4n) is 5.05. The lowest BCUT2D eigenvalue weighted by Crippen LogP contribution is -2.33. The van der Waals surface area contributed by atoms with Crippen molar-refractivity contribution in [2.75, 3.05) is 13.7 Å². The number of carbonyl (C=O) groups excluding carboxylic acids is 1. The van der Waals surface area contributed by atoms with Crippen LogP contribution in [-0.4, -0.2) is 29.1 Å². The zero-order chi connectivity index (χ0) is 20.6. The molecule has 2 atom stereocenters. The number of pyridine rings is 1. The van der Waals surface area contributed by atoms with E-state index in [1.807, 2.05) is 19.2 Å². The number of carbonyl (C=O) groups is 1. The Morgan fingerprint density at radius 2 is 2.13 bits per heavy atom. The average molecular weight is 468 g/mol. The van der Waals surface area contributed by atoms with Gasteiger partial charge in [-0.1, -0.05) is 22.0 Å². The molecule has 3 aliphatic rings. The summed E-state index contributed by atoms with van der Waals surface area (Å²) in [6, 6.07) is 8.20. The maximum absolute atomic E-state index is 12.9. The van der Waals surface area contributed by atoms with E-state index in [0.717, 1.165) is 39.5 Å². The molecule has 154 valence electrons. The smallest absolute Gasteiger partial charge is 0.267 e. The Labute approximate surface area is 182 Å². The number of amides is 1. The fraction of sp³-hybridized carbons (Fsp3) is 0.391. The Balaban J connectivity index is 1.64. The molecule has 1 amide bonds. The van der Waals surface area contributed by atoms with Crippen LogP contribution in [-0.2, 0) is 21.7 Å². The van der Waals surface area contributed by atoms with Crippen LogP contribution in [0.25, 0.3) is 11.0 Å². The van der Waals surface area contributed by atoms with E-state index in [2.05, 4.69) is 49.0 Å². The molecule has 6 nitrogen and oxygen atoms in total. The number of hydrogen-bond donors (Lipinski definition) is 1. The predicted octanol–water partition coefficient (Wildman–Crippen LogP) is 4.36. The van der Waals surface area contributed by atoms with E-state index in [9.17, 15) is 4.79 Å². The first-order valence-corrected chi connectivity index (χ1v) is 11.1. The number of fused-ring (bicyclic) bond motifs is 5. The van der Waals surface area contributed by atoms with Gasteiger partial charge in [0, 0.05) is 28.8 Å². The summed E-state index contributed by atoms with van der Waals surface area (Å²) in [7, 11) is 1.66. The summed E-state index contributed by atoms with van der Waals surface area (Å²) in [5, 5.41) is 2.79. The van der Waals surface area contributed by atoms with Gasteiger partial charge >= 0.3 is 0 Å². The third kappa shape index (κ3) is 2.49. The third-order valence-electron chi connectivity index (χ3n) is 6.77. The molecule has 0 bridgehead atoms. The minimum absolute atomic E-state index is 0.00397. The molecular formula is C23H22BrN3O3. The fourth-order valence-corrected chi connectivity index (χ4v) is 5.41. The highest BCUT2D eigenvalue weighted by molar-refractivity contribution is 9.10. The van der Waals surface area contributed by atoms with Gasteiger partial charge < -0.3 is 19.4 Å². The van der Waals surface area contributed by atoms with Crippen molar-refractivity contribution in [2.45, 2.75) is 44.1 Å². The van der Waals surface area contributed by atoms with E-state index in [-0.39, 0.29) is 23.7 Å². The third-order valence-corrected chi connectivity index (χ3v) is 7.26. The summed E-state index contributed by atoms with van der Waals surface area (Å²) < 4.78 is 15.5. The molecule has 1 aromatic carbocycles. The van der Waals surface area contributed by atoms with Crippen molar-refractivity contribution in [1.82, 2.24) is 14.9 Å². The second-order valence-corrected chi connectivity index (χ2v) is 9.33. The maximum Gasteiger partial charge on any atom is 0.267 e. The summed E-state index contributed by atoms with van der Waals surface area (Å²) >= 11 is 3.62. The van der Waals surface area contributed by atoms with Crippen molar-refractivity contribution in [3.05, 3.63) is 62.9 Å². The molecule has 1 spiro atoms. The highest BCUT2D eigenvalue weighted by Gasteiger charge is 2.51. The van der Waals surface area contributed by atoms with Gasteiger partial charge in [-0.3, -0.25) is 9.78 Å². The first kappa shape index (κ1) is 18.5. The number of benzene rings is 1. The minimum Gasteiger partial charge on any atom is -0.369 e. The maximum atomic E-state index is 12.9. The summed E-state index contributed by atoms with van der Waals surface area (Å²) in [4.78, 5) is 17.6. The molecule has 1 saturated carbocycles. The molecule has 0 radical (unpaired) electrons. The lowest BCUT2D eigenvalue weighted by atomic mass is 9.92. The zero-order valence-corrected chi connectivity index (χ0v) is 18.5. The molecule has 6 rings (SSSR count). The quantitative estimate of drug-likeness (QED) is 0.607. The van der Waals surface area contributed by atoms with Crippen molar-refractivity contribution >= 4 is 32.9 Å². The van der Waals surface area contributed by atoms with Gasteiger partial charge in [0.05, 0.1) is 42.0 Å². The van der Waals surface area contributed by atoms with Crippen LogP contribution in [0.5, 0.6) is 0 Å². The van der Waals surface area contributed by atoms with Crippen LogP contribution in [0.4, 0.5) is 0 Å². The van der Waals surface area contributed by atoms with Crippen molar-refractivity contribution < 1.29 is 14.3 Å². The largest absolute Gasteiger partial charge is 0.369 e. The Morgan fingerprint density at radius 3 is 2.90 bits per heavy atom. The summed E-state index contributed by atoms with van der Waals surface area (Å²) in [6.07, 6.45) is 3.97. The number of hydrogen-bond acceptors (Lipinski definition) is 4. The molecule has 1 N–H and O–H groups in total. The van der Waals surface area contributed by atoms with E-state index in [0.29, 0.717) is 18.9 Å². The zero-order valence-electron chi connectivity index (χ0n) is 16.9. The van der Waals surface area contributed by atoms with E-state index in [4.69, 9.17) is 9.47 Å². The van der Waals surface area contributed by atoms with Gasteiger partial charge in [0.15, 0.2) is 0 Å². The van der Waals surface area contributed by atoms with Gasteiger partial charge in [-0.2, -0.15) is 0 Å². The molecule has 2 aliphatic heterocycles. The van der Waals surface area contributed by atoms with Crippen LogP contribution in [0.2, 0.25) is 0 Å². The molecule has 0 saturated heterocycles. The topological polar surface area (TPSA) is 65.4 Å². The Bertz CT molecular complexity index is 1210. The molecule has 30 heavy (non-hydrogen) atoms. The van der Waals surface area contributed by atoms with Crippen molar-refractivity contribution in [3.8, 4) is 0 Å². The minimum atomic E-state index is -0.163. The monoisotopic (exact) mass is 467 g/mol. The molecule has 1 unspecified atom stereocenters. The highest BCUT2D eigenvalue weighted by atomic mass is 79.9. The van der Waals surface area contributed by atoms with Gasteiger partial charge in [0.1, 0.15) is 5.69 Å². The predicted molar refractivity (Wildman–Crippen MR) is 115 cm³/mol. The molecular weight excluding hydrogens is 446 g/mol. The first-order chi connectivity index (χ1) is 14.5. The van der Waals surface area contributed by atoms with E-state index in [1.165, 1.54) is 11.1 Å². The van der Waals surface area contributed by atoms with Crippen molar-refractivity contribution in [2.24, 2.45) is 0 Å². The lowest BCUT2D eigenvalue weighted by Gasteiger charge is -2.34. The lowest BCUT2D eigenvalue weighted by molar-refractivity contribution is 0.00133. The molecule has 1 fully saturated rings. The van der Waals surface area contributed by atoms with Crippen LogP contribution in [0.1, 0.15) is 64.7 Å². The Kier molecular flexibility index (Phi) is 3.95. The number of nitrogens with one attached hydrogen (secondary N) is 1. The van der Waals surface area contributed by atoms with E-state index < -0.39 is 0 Å². The van der Waals surface area contributed by atoms with Crippen LogP contribution in [0, 0.1) is 0 Å². The summed E-state index contributed by atoms with van der Waals surface area (Å²) in [5.74, 6) is -0.126. The molecule has 7 heteroatoms. The summed E-state index contributed by atoms with van der Waals surface area (Å²) in [5.41, 5.74) is 6.88. The normalized spacial score (nSPS) is 23.4. The number of rotatable bonds is 2. The number of aromatic nitrogens is 2. The van der Waals surface area contributed by atoms with Gasteiger partial charge in [-0.15, -0.1) is 0 Å². The average Bonchev–Trinajstić information content (AvgIpc) is 3.27. The van der Waals surface area contributed by atoms with Gasteiger partial charge in [0.2, 0.25) is 0 Å². The SMILES string of the molecule is CNC(=O)c1cc2ncc3c(c2n1[C@@H]1COC2(CC2)c2cc(Br)ccc21)COC3C. The highest BCUT2D eigenvalue weighted by Crippen LogP contribution is 2.55. The summed E-state index contributed by atoms with van der Waals surface area (Å²) in [6.45, 7) is 3.10. The van der Waals surface area contributed by atoms with Crippen LogP contribution < -0.4 is 5.32 Å². The van der Waals surface area contributed by atoms with Gasteiger partial charge in [-0.05, 0) is 49.1 Å². The second-order valence-electron chi connectivity index (χ2n) is 8.41. The van der Waals surface area contributed by atoms with Crippen LogP contribution >= 0.6 is 15.9 Å². The van der Waals surface area contributed by atoms with Crippen LogP contribution in [0.15, 0.2) is 34.9 Å². The number of halogens is 1. The van der Waals surface area contributed by atoms with Crippen LogP contribution in [0.3, 0.4) is 0 Å². The van der Waals surface area contributed by atoms with E-state index >= 15 is 0 Å². The standard InChI is InChI=1S/C23H22BrN3O3/c1-12-15-9-26-18-8-19(22(28)25-2)27(21(18)16(15)10-29-12)20-11-30-23(5-6-23)17-7-13(24)3-4-14(17)20/h3-4,7-9,12,20H,5-6,10-11H2,1-2H3,(H,25,28)/t12?,20-/m1/s1. The molecule has 4 heterocycles. The number of ether oxygens (including phenoxy) is 2. The van der Waals surface area contributed by atoms with Crippen molar-refractivity contribution in [3.63, 3.8) is 0 Å². The number of nitrogens with zero attached hydrogens (tertiary/aromatic N) is 2. The van der Waals surface area contributed by atoms with Crippen molar-refractivity contribution in [1.29, 1.82) is 0 Å². The first-order valence-electron chi connectivity index (χ1n) is 10.3. The Hall–Kier alpha value is -2.22. The van der Waals surface area contributed by atoms with Gasteiger partial charge in [-0.25, -0.2) is 0 Å². The Morgan fingerprint density at radius 1 is 1.30 bits per heavy atom. The van der Waals surface area contributed by atoms with E-state index in [1.54, 1.807) is 7.05 Å². The van der Waals surface area contributed by atoms with Gasteiger partial charge in [0.25, 0.3) is 5.91 Å².